The Balaban J connectivity index is 5.65. The topological polar surface area (TPSA) is 0 Å². The summed E-state index contributed by atoms with van der Waals surface area (Å²) in [6, 6.07) is 0. The van der Waals surface area contributed by atoms with Crippen molar-refractivity contribution in [3.8, 4) is 0 Å². The van der Waals surface area contributed by atoms with E-state index in [1.165, 1.54) is 0 Å². The van der Waals surface area contributed by atoms with Crippen LogP contribution < -0.4 is 0 Å². The Kier molecular flexibility index (Phi) is 4.54. The van der Waals surface area contributed by atoms with Gasteiger partial charge in [0.05, 0.1) is 6.42 Å². The van der Waals surface area contributed by atoms with Gasteiger partial charge in [0.25, 0.3) is 0 Å². The second kappa shape index (κ2) is 4.76. The minimum absolute atomic E-state index is 4.36. The van der Waals surface area contributed by atoms with Crippen LogP contribution in [-0.4, -0.2) is 36.0 Å². The van der Waals surface area contributed by atoms with E-state index < -0.39 is 42.5 Å². The van der Waals surface area contributed by atoms with Crippen molar-refractivity contribution >= 4 is 0 Å². The largest absolute Gasteiger partial charge is 0.459 e. The number of hydrogen-bond donors (Lipinski definition) is 0. The highest BCUT2D eigenvalue weighted by molar-refractivity contribution is 5.00. The zero-order valence-electron chi connectivity index (χ0n) is 9.00. The first-order chi connectivity index (χ1) is 8.71. The Morgan fingerprint density at radius 1 is 0.381 bits per heavy atom. The van der Waals surface area contributed by atoms with Crippen molar-refractivity contribution in [3.63, 3.8) is 0 Å². The summed E-state index contributed by atoms with van der Waals surface area (Å²) < 4.78 is 168. The summed E-state index contributed by atoms with van der Waals surface area (Å²) in [6.07, 6.45) is -18.6. The average molecular weight is 352 g/mol. The molecule has 0 aromatic rings. The fourth-order valence-electron chi connectivity index (χ4n) is 0.916. The van der Waals surface area contributed by atoms with Crippen LogP contribution in [0.15, 0.2) is 0 Å². The molecule has 0 saturated heterocycles. The fraction of sp³-hybridized carbons (Fsp3) is 1.00. The number of halogens is 14. The molecule has 0 N–H and O–H groups in total. The highest BCUT2D eigenvalue weighted by Crippen LogP contribution is 2.55. The monoisotopic (exact) mass is 352 g/mol. The Morgan fingerprint density at radius 2 is 0.571 bits per heavy atom. The van der Waals surface area contributed by atoms with Crippen LogP contribution in [0.25, 0.3) is 0 Å². The Bertz CT molecular complexity index is 334. The average Bonchev–Trinajstić information content (AvgIpc) is 2.11. The third-order valence-corrected chi connectivity index (χ3v) is 2.07. The highest BCUT2D eigenvalue weighted by Gasteiger charge is 2.80. The van der Waals surface area contributed by atoms with Gasteiger partial charge in [-0.2, -0.15) is 61.5 Å². The highest BCUT2D eigenvalue weighted by atomic mass is 19.4. The summed E-state index contributed by atoms with van der Waals surface area (Å²) in [4.78, 5) is 0. The van der Waals surface area contributed by atoms with E-state index in [4.69, 9.17) is 0 Å². The van der Waals surface area contributed by atoms with Crippen LogP contribution in [0.5, 0.6) is 0 Å². The molecule has 0 heterocycles. The van der Waals surface area contributed by atoms with Crippen molar-refractivity contribution < 1.29 is 61.5 Å². The van der Waals surface area contributed by atoms with E-state index in [0.29, 0.717) is 0 Å². The van der Waals surface area contributed by atoms with Crippen LogP contribution in [-0.2, 0) is 0 Å². The van der Waals surface area contributed by atoms with Crippen molar-refractivity contribution in [2.75, 3.05) is 0 Å². The molecule has 21 heavy (non-hydrogen) atoms. The molecular weight excluding hydrogens is 350 g/mol. The molecule has 0 nitrogen and oxygen atoms in total. The zero-order chi connectivity index (χ0) is 17.7. The molecule has 0 amide bonds. The van der Waals surface area contributed by atoms with E-state index >= 15 is 0 Å². The first-order valence-electron chi connectivity index (χ1n) is 4.35. The van der Waals surface area contributed by atoms with Crippen molar-refractivity contribution in [3.05, 3.63) is 0 Å². The first kappa shape index (κ1) is 20.0. The normalized spacial score (nSPS) is 16.3. The molecule has 0 rings (SSSR count). The Hall–Kier alpha value is -0.980. The summed E-state index contributed by atoms with van der Waals surface area (Å²) in [5.74, 6) is -28.3. The third kappa shape index (κ3) is 3.27. The van der Waals surface area contributed by atoms with Gasteiger partial charge in [-0.05, 0) is 0 Å². The molecule has 0 atom stereocenters. The number of alkyl halides is 14. The van der Waals surface area contributed by atoms with Gasteiger partial charge in [-0.3, -0.25) is 0 Å². The van der Waals surface area contributed by atoms with Crippen LogP contribution >= 0.6 is 0 Å². The van der Waals surface area contributed by atoms with Gasteiger partial charge in [0.2, 0.25) is 0 Å². The molecule has 0 aromatic carbocycles. The maximum atomic E-state index is 12.5. The quantitative estimate of drug-likeness (QED) is 0.622. The van der Waals surface area contributed by atoms with E-state index in [0.717, 1.165) is 0 Å². The van der Waals surface area contributed by atoms with Gasteiger partial charge in [0.1, 0.15) is 0 Å². The molecule has 128 valence electrons. The molecule has 0 spiro atoms. The van der Waals surface area contributed by atoms with Gasteiger partial charge in [0.15, 0.2) is 0 Å². The maximum absolute atomic E-state index is 12.5. The van der Waals surface area contributed by atoms with Gasteiger partial charge in [0, 0.05) is 0 Å². The number of rotatable bonds is 4. The fourth-order valence-corrected chi connectivity index (χ4v) is 0.916. The predicted octanol–water partition coefficient (Wildman–Crippen LogP) is 5.04. The van der Waals surface area contributed by atoms with Gasteiger partial charge < -0.3 is 0 Å². The second-order valence-corrected chi connectivity index (χ2v) is 3.73. The lowest BCUT2D eigenvalue weighted by molar-refractivity contribution is -0.392. The molecule has 0 unspecified atom stereocenters. The summed E-state index contributed by atoms with van der Waals surface area (Å²) >= 11 is 0. The first-order valence-corrected chi connectivity index (χ1v) is 4.35. The predicted molar refractivity (Wildman–Crippen MR) is 36.5 cm³/mol. The summed E-state index contributed by atoms with van der Waals surface area (Å²) in [7, 11) is 0. The van der Waals surface area contributed by atoms with Crippen LogP contribution in [0.2, 0.25) is 0 Å². The maximum Gasteiger partial charge on any atom is 0.459 e. The molecule has 0 fully saturated rings. The Morgan fingerprint density at radius 3 is 0.714 bits per heavy atom. The van der Waals surface area contributed by atoms with Crippen molar-refractivity contribution in [2.45, 2.75) is 42.5 Å². The smallest absolute Gasteiger partial charge is 0.199 e. The van der Waals surface area contributed by atoms with Crippen LogP contribution in [0.1, 0.15) is 6.42 Å². The molecule has 0 aliphatic carbocycles. The lowest BCUT2D eigenvalue weighted by Gasteiger charge is -2.34. The van der Waals surface area contributed by atoms with E-state index in [9.17, 15) is 61.5 Å². The Labute approximate surface area is 105 Å². The lowest BCUT2D eigenvalue weighted by atomic mass is 9.98. The summed E-state index contributed by atoms with van der Waals surface area (Å²) in [5, 5.41) is 0. The van der Waals surface area contributed by atoms with Crippen molar-refractivity contribution in [1.82, 2.24) is 0 Å². The van der Waals surface area contributed by atoms with Gasteiger partial charge in [-0.15, -0.1) is 0 Å². The van der Waals surface area contributed by atoms with Crippen LogP contribution in [0, 0.1) is 0 Å². The lowest BCUT2D eigenvalue weighted by Crippen LogP contribution is -2.59. The minimum Gasteiger partial charge on any atom is -0.199 e. The summed E-state index contributed by atoms with van der Waals surface area (Å²) in [5.41, 5.74) is 0. The molecule has 0 aliphatic heterocycles. The van der Waals surface area contributed by atoms with Gasteiger partial charge in [-0.25, -0.2) is 0 Å². The van der Waals surface area contributed by atoms with Crippen LogP contribution in [0.4, 0.5) is 61.5 Å². The molecule has 0 aromatic heterocycles. The molecule has 0 aliphatic rings. The molecular formula is C7H2F14. The molecule has 0 saturated carbocycles. The second-order valence-electron chi connectivity index (χ2n) is 3.73. The molecule has 0 radical (unpaired) electrons. The van der Waals surface area contributed by atoms with Gasteiger partial charge in [-0.1, -0.05) is 0 Å². The standard InChI is InChI=1S/C7H2F14/c8-2(9,4(12,13)6(16,17)18)1-3(10,11)5(14,15)7(19,20)21/h1H2. The van der Waals surface area contributed by atoms with Crippen LogP contribution in [0.3, 0.4) is 0 Å². The minimum atomic E-state index is -7.23. The third-order valence-electron chi connectivity index (χ3n) is 2.07. The van der Waals surface area contributed by atoms with E-state index in [1.807, 2.05) is 0 Å². The van der Waals surface area contributed by atoms with E-state index in [2.05, 4.69) is 0 Å². The van der Waals surface area contributed by atoms with Crippen molar-refractivity contribution in [2.24, 2.45) is 0 Å². The number of hydrogen-bond acceptors (Lipinski definition) is 0. The van der Waals surface area contributed by atoms with E-state index in [1.54, 1.807) is 0 Å². The zero-order valence-corrected chi connectivity index (χ0v) is 9.00. The summed E-state index contributed by atoms with van der Waals surface area (Å²) in [6.45, 7) is 0. The molecule has 14 heteroatoms. The SMILES string of the molecule is FC(F)(F)C(F)(F)C(F)(F)CC(F)(F)C(F)(F)C(F)(F)F. The molecule has 0 bridgehead atoms. The van der Waals surface area contributed by atoms with Crippen molar-refractivity contribution in [1.29, 1.82) is 0 Å². The van der Waals surface area contributed by atoms with E-state index in [-0.39, 0.29) is 0 Å². The van der Waals surface area contributed by atoms with Gasteiger partial charge >= 0.3 is 36.0 Å².